The molecule has 3 rings (SSSR count). The molecule has 2 aliphatic rings. The van der Waals surface area contributed by atoms with E-state index in [2.05, 4.69) is 40.2 Å². The van der Waals surface area contributed by atoms with Crippen molar-refractivity contribution >= 4 is 12.4 Å². The molecule has 0 spiro atoms. The van der Waals surface area contributed by atoms with Gasteiger partial charge in [-0.2, -0.15) is 5.01 Å². The van der Waals surface area contributed by atoms with Crippen LogP contribution in [0.5, 0.6) is 0 Å². The van der Waals surface area contributed by atoms with Gasteiger partial charge in [0.1, 0.15) is 6.20 Å². The normalized spacial score (nSPS) is 19.2. The minimum Gasteiger partial charge on any atom is -1.00 e. The van der Waals surface area contributed by atoms with E-state index < -0.39 is 0 Å². The van der Waals surface area contributed by atoms with Crippen LogP contribution in [-0.4, -0.2) is 41.2 Å². The lowest BCUT2D eigenvalue weighted by atomic mass is 10.2. The number of quaternary nitrogens is 1. The van der Waals surface area contributed by atoms with Crippen molar-refractivity contribution in [3.05, 3.63) is 48.0 Å². The van der Waals surface area contributed by atoms with Crippen LogP contribution in [0.4, 0.5) is 0 Å². The molecule has 1 saturated heterocycles. The van der Waals surface area contributed by atoms with Crippen LogP contribution in [-0.2, 0) is 11.4 Å². The van der Waals surface area contributed by atoms with Gasteiger partial charge in [-0.05, 0) is 11.2 Å². The van der Waals surface area contributed by atoms with Crippen molar-refractivity contribution in [1.29, 1.82) is 0 Å². The van der Waals surface area contributed by atoms with Crippen LogP contribution in [0, 0.1) is 0 Å². The minimum absolute atomic E-state index is 0. The number of rotatable bonds is 3. The van der Waals surface area contributed by atoms with Crippen LogP contribution in [0.15, 0.2) is 42.4 Å². The summed E-state index contributed by atoms with van der Waals surface area (Å²) in [6.45, 7) is 5.08. The van der Waals surface area contributed by atoms with Crippen molar-refractivity contribution in [2.75, 3.05) is 26.2 Å². The highest BCUT2D eigenvalue weighted by atomic mass is 35.5. The van der Waals surface area contributed by atoms with Crippen LogP contribution in [0.3, 0.4) is 0 Å². The quantitative estimate of drug-likeness (QED) is 0.565. The Hall–Kier alpha value is -1.18. The van der Waals surface area contributed by atoms with E-state index in [0.717, 1.165) is 32.7 Å². The molecule has 0 radical (unpaired) electrons. The summed E-state index contributed by atoms with van der Waals surface area (Å²) >= 11 is 0. The first-order valence-electron chi connectivity index (χ1n) is 6.58. The second-order valence-electron chi connectivity index (χ2n) is 4.85. The summed E-state index contributed by atoms with van der Waals surface area (Å²) in [7, 11) is 0. The van der Waals surface area contributed by atoms with Crippen molar-refractivity contribution in [2.24, 2.45) is 5.73 Å². The molecule has 118 valence electrons. The lowest BCUT2D eigenvalue weighted by Crippen LogP contribution is -3.00. The molecule has 2 heterocycles. The van der Waals surface area contributed by atoms with Gasteiger partial charge in [-0.1, -0.05) is 30.3 Å². The van der Waals surface area contributed by atoms with Gasteiger partial charge >= 0.3 is 0 Å². The van der Waals surface area contributed by atoms with E-state index in [9.17, 15) is 0 Å². The van der Waals surface area contributed by atoms with Gasteiger partial charge in [-0.25, -0.2) is 0 Å². The average molecular weight is 334 g/mol. The van der Waals surface area contributed by atoms with Crippen molar-refractivity contribution < 1.29 is 22.8 Å². The molecule has 0 bridgehead atoms. The van der Waals surface area contributed by atoms with Gasteiger partial charge in [0, 0.05) is 32.7 Å². The third-order valence-corrected chi connectivity index (χ3v) is 3.48. The predicted octanol–water partition coefficient (Wildman–Crippen LogP) is -3.37. The van der Waals surface area contributed by atoms with Crippen LogP contribution in [0.2, 0.25) is 0 Å². The zero-order valence-electron chi connectivity index (χ0n) is 11.7. The zero-order chi connectivity index (χ0) is 13.1. The van der Waals surface area contributed by atoms with Crippen molar-refractivity contribution in [2.45, 2.75) is 6.54 Å². The van der Waals surface area contributed by atoms with E-state index in [1.54, 1.807) is 5.59 Å². The molecule has 0 unspecified atom stereocenters. The van der Waals surface area contributed by atoms with Gasteiger partial charge in [0.05, 0.1) is 0 Å². The van der Waals surface area contributed by atoms with E-state index in [4.69, 9.17) is 10.6 Å². The topological polar surface area (TPSA) is 61.6 Å². The Kier molecular flexibility index (Phi) is 7.07. The number of benzene rings is 1. The summed E-state index contributed by atoms with van der Waals surface area (Å²) in [5.41, 5.74) is 8.62. The summed E-state index contributed by atoms with van der Waals surface area (Å²) < 4.78 is 0. The molecule has 0 amide bonds. The number of hydrogen-bond acceptors (Lipinski definition) is 5. The molecule has 0 aromatic heterocycles. The molecule has 1 fully saturated rings. The summed E-state index contributed by atoms with van der Waals surface area (Å²) in [5.74, 6) is 0.451. The third-order valence-electron chi connectivity index (χ3n) is 3.48. The Labute approximate surface area is 137 Å². The van der Waals surface area contributed by atoms with Gasteiger partial charge in [-0.3, -0.25) is 9.74 Å². The van der Waals surface area contributed by atoms with Gasteiger partial charge in [0.2, 0.25) is 0 Å². The molecule has 0 atom stereocenters. The summed E-state index contributed by atoms with van der Waals surface area (Å²) in [4.78, 5) is 7.59. The maximum Gasteiger partial charge on any atom is 0.279 e. The largest absolute Gasteiger partial charge is 1.00 e. The fourth-order valence-electron chi connectivity index (χ4n) is 2.42. The predicted molar refractivity (Wildman–Crippen MR) is 77.7 cm³/mol. The molecule has 0 saturated carbocycles. The molecule has 8 heteroatoms. The SMILES string of the molecule is Cl.NC1=CN(N2CCN(Cc3ccccc3)CC2)[NH2+]O1.[Cl-]. The van der Waals surface area contributed by atoms with Crippen LogP contribution < -0.4 is 23.7 Å². The molecule has 1 aromatic carbocycles. The second kappa shape index (κ2) is 8.31. The van der Waals surface area contributed by atoms with Gasteiger partial charge in [0.15, 0.2) is 0 Å². The Bertz CT molecular complexity index is 451. The number of nitrogens with zero attached hydrogens (tertiary/aromatic N) is 3. The monoisotopic (exact) mass is 333 g/mol. The fraction of sp³-hybridized carbons (Fsp3) is 0.385. The molecule has 0 aliphatic carbocycles. The van der Waals surface area contributed by atoms with E-state index >= 15 is 0 Å². The highest BCUT2D eigenvalue weighted by Crippen LogP contribution is 2.09. The van der Waals surface area contributed by atoms with Crippen LogP contribution >= 0.6 is 12.4 Å². The van der Waals surface area contributed by atoms with Crippen LogP contribution in [0.1, 0.15) is 5.56 Å². The third kappa shape index (κ3) is 4.66. The number of hydrogen-bond donors (Lipinski definition) is 2. The van der Waals surface area contributed by atoms with Crippen molar-refractivity contribution in [1.82, 2.24) is 15.0 Å². The standard InChI is InChI=1S/C13H19N5O.2ClH/c14-13-11-18(15-19-13)17-8-6-16(7-9-17)10-12-4-2-1-3-5-12;;/h1-5,11,15H,6-10,14H2;2*1H. The zero-order valence-corrected chi connectivity index (χ0v) is 13.3. The second-order valence-corrected chi connectivity index (χ2v) is 4.85. The highest BCUT2D eigenvalue weighted by molar-refractivity contribution is 5.85. The Morgan fingerprint density at radius 2 is 1.76 bits per heavy atom. The van der Waals surface area contributed by atoms with Gasteiger partial charge < -0.3 is 18.1 Å². The maximum absolute atomic E-state index is 5.59. The van der Waals surface area contributed by atoms with Crippen molar-refractivity contribution in [3.63, 3.8) is 0 Å². The maximum atomic E-state index is 5.59. The van der Waals surface area contributed by atoms with E-state index in [-0.39, 0.29) is 24.8 Å². The number of halogens is 2. The molecular formula is C13H21Cl2N5O. The molecule has 21 heavy (non-hydrogen) atoms. The fourth-order valence-corrected chi connectivity index (χ4v) is 2.42. The van der Waals surface area contributed by atoms with Gasteiger partial charge in [0.25, 0.3) is 5.88 Å². The Morgan fingerprint density at radius 1 is 1.10 bits per heavy atom. The molecule has 6 nitrogen and oxygen atoms in total. The molecular weight excluding hydrogens is 313 g/mol. The first-order valence-corrected chi connectivity index (χ1v) is 6.58. The molecule has 4 N–H and O–H groups in total. The summed E-state index contributed by atoms with van der Waals surface area (Å²) in [5, 5.41) is 4.18. The lowest BCUT2D eigenvalue weighted by Gasteiger charge is -2.35. The summed E-state index contributed by atoms with van der Waals surface area (Å²) in [6, 6.07) is 10.6. The van der Waals surface area contributed by atoms with Crippen LogP contribution in [0.25, 0.3) is 0 Å². The van der Waals surface area contributed by atoms with Crippen molar-refractivity contribution in [3.8, 4) is 0 Å². The highest BCUT2D eigenvalue weighted by Gasteiger charge is 2.26. The number of hydrazine groups is 1. The van der Waals surface area contributed by atoms with E-state index in [0.29, 0.717) is 5.88 Å². The van der Waals surface area contributed by atoms with E-state index in [1.165, 1.54) is 5.56 Å². The molecule has 1 aromatic rings. The number of piperazine rings is 1. The van der Waals surface area contributed by atoms with Gasteiger partial charge in [-0.15, -0.1) is 17.5 Å². The molecule has 2 aliphatic heterocycles. The summed E-state index contributed by atoms with van der Waals surface area (Å²) in [6.07, 6.45) is 1.81. The average Bonchev–Trinajstić information content (AvgIpc) is 2.87. The first kappa shape index (κ1) is 17.9. The Morgan fingerprint density at radius 3 is 2.33 bits per heavy atom. The number of nitrogens with two attached hydrogens (primary N) is 2. The van der Waals surface area contributed by atoms with E-state index in [1.807, 2.05) is 11.3 Å². The smallest absolute Gasteiger partial charge is 0.279 e. The Balaban J connectivity index is 0.00000110. The lowest BCUT2D eigenvalue weighted by molar-refractivity contribution is -0.990. The minimum atomic E-state index is 0. The first-order chi connectivity index (χ1) is 9.31.